The lowest BCUT2D eigenvalue weighted by Crippen LogP contribution is -2.43. The third kappa shape index (κ3) is 6.38. The average Bonchev–Trinajstić information content (AvgIpc) is 2.83. The number of fused-ring (bicyclic) bond motifs is 1. The molecule has 6 N–H and O–H groups in total. The van der Waals surface area contributed by atoms with E-state index in [0.717, 1.165) is 22.2 Å². The number of nitrogens with two attached hydrogens (primary N) is 2. The van der Waals surface area contributed by atoms with Crippen LogP contribution in [-0.2, 0) is 25.6 Å². The molecule has 0 fully saturated rings. The molecule has 3 rings (SSSR count). The SMILES string of the molecule is CCOC(=O)C[C@H](NC(=O)c1ccc(NCc2ccc3nc(N)nc(N)c3c2C)cc1)C(=O)OCC. The second-order valence-electron chi connectivity index (χ2n) is 7.93. The summed E-state index contributed by atoms with van der Waals surface area (Å²) in [6, 6.07) is 9.37. The minimum atomic E-state index is -1.14. The van der Waals surface area contributed by atoms with E-state index in [1.54, 1.807) is 38.1 Å². The first-order valence-electron chi connectivity index (χ1n) is 11.5. The maximum atomic E-state index is 12.7. The van der Waals surface area contributed by atoms with Crippen molar-refractivity contribution in [2.45, 2.75) is 39.8 Å². The lowest BCUT2D eigenvalue weighted by molar-refractivity contribution is -0.152. The van der Waals surface area contributed by atoms with E-state index in [9.17, 15) is 14.4 Å². The monoisotopic (exact) mass is 494 g/mol. The van der Waals surface area contributed by atoms with E-state index in [4.69, 9.17) is 20.9 Å². The molecule has 0 spiro atoms. The topological polar surface area (TPSA) is 172 Å². The largest absolute Gasteiger partial charge is 0.466 e. The van der Waals surface area contributed by atoms with Crippen molar-refractivity contribution in [2.24, 2.45) is 0 Å². The third-order valence-electron chi connectivity index (χ3n) is 5.46. The molecule has 0 unspecified atom stereocenters. The fraction of sp³-hybridized carbons (Fsp3) is 0.320. The number of nitrogens with zero attached hydrogens (tertiary/aromatic N) is 2. The Balaban J connectivity index is 1.66. The Labute approximate surface area is 208 Å². The van der Waals surface area contributed by atoms with Crippen LogP contribution in [0.5, 0.6) is 0 Å². The summed E-state index contributed by atoms with van der Waals surface area (Å²) in [5.41, 5.74) is 15.5. The highest BCUT2D eigenvalue weighted by Crippen LogP contribution is 2.26. The van der Waals surface area contributed by atoms with Crippen molar-refractivity contribution in [3.63, 3.8) is 0 Å². The Morgan fingerprint density at radius 2 is 1.67 bits per heavy atom. The molecule has 1 aromatic heterocycles. The molecule has 2 aromatic carbocycles. The van der Waals surface area contributed by atoms with Gasteiger partial charge in [-0.3, -0.25) is 9.59 Å². The summed E-state index contributed by atoms with van der Waals surface area (Å²) in [7, 11) is 0. The Morgan fingerprint density at radius 3 is 2.33 bits per heavy atom. The Bertz CT molecular complexity index is 1260. The predicted molar refractivity (Wildman–Crippen MR) is 136 cm³/mol. The van der Waals surface area contributed by atoms with E-state index >= 15 is 0 Å². The van der Waals surface area contributed by atoms with Crippen LogP contribution in [-0.4, -0.2) is 47.1 Å². The van der Waals surface area contributed by atoms with Gasteiger partial charge in [0.05, 0.1) is 25.2 Å². The van der Waals surface area contributed by atoms with Crippen LogP contribution in [0, 0.1) is 6.92 Å². The van der Waals surface area contributed by atoms with Crippen LogP contribution in [0.3, 0.4) is 0 Å². The highest BCUT2D eigenvalue weighted by atomic mass is 16.5. The minimum absolute atomic E-state index is 0.124. The van der Waals surface area contributed by atoms with E-state index in [2.05, 4.69) is 20.6 Å². The lowest BCUT2D eigenvalue weighted by Gasteiger charge is -2.17. The highest BCUT2D eigenvalue weighted by molar-refractivity contribution is 5.98. The number of nitrogens with one attached hydrogen (secondary N) is 2. The number of nitrogen functional groups attached to an aromatic ring is 2. The van der Waals surface area contributed by atoms with E-state index in [-0.39, 0.29) is 25.6 Å². The molecule has 36 heavy (non-hydrogen) atoms. The van der Waals surface area contributed by atoms with Crippen LogP contribution < -0.4 is 22.1 Å². The summed E-state index contributed by atoms with van der Waals surface area (Å²) in [5, 5.41) is 6.62. The fourth-order valence-corrected chi connectivity index (χ4v) is 3.68. The molecule has 0 bridgehead atoms. The van der Waals surface area contributed by atoms with E-state index in [1.165, 1.54) is 0 Å². The van der Waals surface area contributed by atoms with Gasteiger partial charge in [0.2, 0.25) is 5.95 Å². The van der Waals surface area contributed by atoms with Gasteiger partial charge in [0, 0.05) is 23.2 Å². The van der Waals surface area contributed by atoms with E-state index < -0.39 is 23.9 Å². The van der Waals surface area contributed by atoms with Gasteiger partial charge in [-0.05, 0) is 62.2 Å². The van der Waals surface area contributed by atoms with Crippen LogP contribution >= 0.6 is 0 Å². The number of carbonyl (C=O) groups is 3. The average molecular weight is 495 g/mol. The molecule has 1 heterocycles. The smallest absolute Gasteiger partial charge is 0.329 e. The number of ether oxygens (including phenoxy) is 2. The highest BCUT2D eigenvalue weighted by Gasteiger charge is 2.26. The summed E-state index contributed by atoms with van der Waals surface area (Å²) in [5.74, 6) is -1.35. The summed E-state index contributed by atoms with van der Waals surface area (Å²) in [6.45, 7) is 6.04. The second-order valence-corrected chi connectivity index (χ2v) is 7.93. The molecule has 11 heteroatoms. The van der Waals surface area contributed by atoms with Crippen molar-refractivity contribution < 1.29 is 23.9 Å². The molecule has 1 atom stereocenters. The molecular formula is C25H30N6O5. The molecule has 0 saturated carbocycles. The number of hydrogen-bond donors (Lipinski definition) is 4. The van der Waals surface area contributed by atoms with Crippen molar-refractivity contribution in [3.8, 4) is 0 Å². The van der Waals surface area contributed by atoms with Gasteiger partial charge in [-0.1, -0.05) is 6.07 Å². The number of aryl methyl sites for hydroxylation is 1. The van der Waals surface area contributed by atoms with Crippen LogP contribution in [0.1, 0.15) is 41.8 Å². The van der Waals surface area contributed by atoms with Gasteiger partial charge in [-0.2, -0.15) is 4.98 Å². The zero-order chi connectivity index (χ0) is 26.2. The number of amides is 1. The number of hydrogen-bond acceptors (Lipinski definition) is 10. The zero-order valence-electron chi connectivity index (χ0n) is 20.5. The number of aromatic nitrogens is 2. The summed E-state index contributed by atoms with van der Waals surface area (Å²) >= 11 is 0. The van der Waals surface area contributed by atoms with Gasteiger partial charge < -0.3 is 31.6 Å². The summed E-state index contributed by atoms with van der Waals surface area (Å²) in [4.78, 5) is 45.0. The number of benzene rings is 2. The summed E-state index contributed by atoms with van der Waals surface area (Å²) < 4.78 is 9.85. The molecule has 1 amide bonds. The third-order valence-corrected chi connectivity index (χ3v) is 5.46. The first-order chi connectivity index (χ1) is 17.2. The van der Waals surface area contributed by atoms with Crippen molar-refractivity contribution in [1.29, 1.82) is 0 Å². The number of esters is 2. The van der Waals surface area contributed by atoms with Crippen molar-refractivity contribution in [1.82, 2.24) is 15.3 Å². The molecule has 0 aliphatic heterocycles. The number of carbonyl (C=O) groups excluding carboxylic acids is 3. The van der Waals surface area contributed by atoms with E-state index in [1.807, 2.05) is 19.1 Å². The van der Waals surface area contributed by atoms with Gasteiger partial charge in [0.1, 0.15) is 11.9 Å². The molecule has 3 aromatic rings. The van der Waals surface area contributed by atoms with Crippen molar-refractivity contribution in [3.05, 3.63) is 53.1 Å². The first kappa shape index (κ1) is 26.2. The molecule has 0 aliphatic rings. The van der Waals surface area contributed by atoms with E-state index in [0.29, 0.717) is 23.4 Å². The first-order valence-corrected chi connectivity index (χ1v) is 11.5. The van der Waals surface area contributed by atoms with Gasteiger partial charge in [0.25, 0.3) is 5.91 Å². The second kappa shape index (κ2) is 11.8. The molecule has 190 valence electrons. The van der Waals surface area contributed by atoms with Gasteiger partial charge >= 0.3 is 11.9 Å². The Hall–Kier alpha value is -4.41. The normalized spacial score (nSPS) is 11.5. The van der Waals surface area contributed by atoms with Crippen molar-refractivity contribution in [2.75, 3.05) is 30.0 Å². The van der Waals surface area contributed by atoms with Gasteiger partial charge in [-0.15, -0.1) is 0 Å². The maximum absolute atomic E-state index is 12.7. The quantitative estimate of drug-likeness (QED) is 0.306. The summed E-state index contributed by atoms with van der Waals surface area (Å²) in [6.07, 6.45) is -0.314. The van der Waals surface area contributed by atoms with Crippen LogP contribution in [0.4, 0.5) is 17.5 Å². The molecule has 11 nitrogen and oxygen atoms in total. The lowest BCUT2D eigenvalue weighted by atomic mass is 10.0. The van der Waals surface area contributed by atoms with Gasteiger partial charge in [-0.25, -0.2) is 9.78 Å². The van der Waals surface area contributed by atoms with Crippen LogP contribution in [0.2, 0.25) is 0 Å². The zero-order valence-corrected chi connectivity index (χ0v) is 20.5. The van der Waals surface area contributed by atoms with Gasteiger partial charge in [0.15, 0.2) is 0 Å². The molecule has 0 saturated heterocycles. The predicted octanol–water partition coefficient (Wildman–Crippen LogP) is 2.33. The van der Waals surface area contributed by atoms with Crippen LogP contribution in [0.15, 0.2) is 36.4 Å². The standard InChI is InChI=1S/C25H30N6O5/c1-4-35-20(32)12-19(24(34)36-5-2)29-23(33)15-6-9-17(10-7-15)28-13-16-8-11-18-21(14(16)3)22(26)31-25(27)30-18/h6-11,19,28H,4-5,12-13H2,1-3H3,(H,29,33)(H4,26,27,30,31)/t19-/m0/s1. The number of rotatable bonds is 10. The van der Waals surface area contributed by atoms with Crippen molar-refractivity contribution >= 4 is 46.2 Å². The molecule has 0 radical (unpaired) electrons. The minimum Gasteiger partial charge on any atom is -0.466 e. The molecule has 0 aliphatic carbocycles. The van der Waals surface area contributed by atoms with Crippen LogP contribution in [0.25, 0.3) is 10.9 Å². The number of anilines is 3. The molecular weight excluding hydrogens is 464 g/mol. The fourth-order valence-electron chi connectivity index (χ4n) is 3.68. The Morgan fingerprint density at radius 1 is 0.972 bits per heavy atom. The Kier molecular flexibility index (Phi) is 8.61. The maximum Gasteiger partial charge on any atom is 0.329 e.